The van der Waals surface area contributed by atoms with Crippen LogP contribution in [0, 0.1) is 11.8 Å². The van der Waals surface area contributed by atoms with E-state index in [0.29, 0.717) is 11.8 Å². The van der Waals surface area contributed by atoms with Crippen molar-refractivity contribution in [2.75, 3.05) is 26.2 Å². The summed E-state index contributed by atoms with van der Waals surface area (Å²) in [5.41, 5.74) is 0. The topological polar surface area (TPSA) is 87.4 Å². The first kappa shape index (κ1) is 26.1. The minimum atomic E-state index is 0. The molecule has 0 radical (unpaired) electrons. The smallest absolute Gasteiger partial charge is 0.191 e. The number of fused-ring (bicyclic) bond motifs is 1. The molecule has 2 rings (SSSR count). The molecule has 0 aliphatic carbocycles. The summed E-state index contributed by atoms with van der Waals surface area (Å²) in [6.07, 6.45) is 8.69. The predicted octanol–water partition coefficient (Wildman–Crippen LogP) is 3.15. The van der Waals surface area contributed by atoms with Crippen molar-refractivity contribution >= 4 is 29.9 Å². The minimum Gasteiger partial charge on any atom is -0.396 e. The van der Waals surface area contributed by atoms with Gasteiger partial charge < -0.3 is 20.3 Å². The molecule has 8 heteroatoms. The highest BCUT2D eigenvalue weighted by atomic mass is 127. The Kier molecular flexibility index (Phi) is 13.5. The molecule has 1 aliphatic rings. The van der Waals surface area contributed by atoms with Gasteiger partial charge in [-0.1, -0.05) is 20.3 Å². The van der Waals surface area contributed by atoms with Crippen LogP contribution in [0.2, 0.25) is 0 Å². The van der Waals surface area contributed by atoms with E-state index in [1.165, 1.54) is 19.3 Å². The average molecular weight is 521 g/mol. The van der Waals surface area contributed by atoms with E-state index in [2.05, 4.69) is 46.2 Å². The maximum absolute atomic E-state index is 9.29. The van der Waals surface area contributed by atoms with Gasteiger partial charge in [-0.15, -0.1) is 34.2 Å². The Hall–Kier alpha value is -0.900. The summed E-state index contributed by atoms with van der Waals surface area (Å²) in [5, 5.41) is 24.9. The Labute approximate surface area is 193 Å². The van der Waals surface area contributed by atoms with Gasteiger partial charge in [0.2, 0.25) is 0 Å². The van der Waals surface area contributed by atoms with Crippen molar-refractivity contribution in [2.45, 2.75) is 78.7 Å². The van der Waals surface area contributed by atoms with E-state index in [9.17, 15) is 5.11 Å². The number of hydrogen-bond acceptors (Lipinski definition) is 4. The van der Waals surface area contributed by atoms with Crippen LogP contribution in [-0.2, 0) is 19.4 Å². The van der Waals surface area contributed by atoms with E-state index >= 15 is 0 Å². The van der Waals surface area contributed by atoms with Gasteiger partial charge in [0.25, 0.3) is 0 Å². The van der Waals surface area contributed by atoms with Crippen LogP contribution in [0.25, 0.3) is 0 Å². The maximum atomic E-state index is 9.29. The molecular formula is C21H41IN6O. The number of aliphatic hydroxyl groups excluding tert-OH is 1. The Bertz CT molecular complexity index is 590. The number of halogens is 1. The van der Waals surface area contributed by atoms with Crippen LogP contribution in [0.5, 0.6) is 0 Å². The molecule has 1 unspecified atom stereocenters. The van der Waals surface area contributed by atoms with Gasteiger partial charge in [0, 0.05) is 45.6 Å². The number of rotatable bonds is 11. The van der Waals surface area contributed by atoms with Gasteiger partial charge in [0.05, 0.1) is 0 Å². The van der Waals surface area contributed by atoms with E-state index in [1.807, 2.05) is 0 Å². The molecule has 0 saturated heterocycles. The first-order valence-electron chi connectivity index (χ1n) is 11.2. The van der Waals surface area contributed by atoms with Gasteiger partial charge in [0.1, 0.15) is 11.6 Å². The number of aliphatic imine (C=N–C) groups is 1. The minimum absolute atomic E-state index is 0. The molecule has 1 atom stereocenters. The van der Waals surface area contributed by atoms with E-state index in [1.54, 1.807) is 0 Å². The summed E-state index contributed by atoms with van der Waals surface area (Å²) < 4.78 is 2.33. The quantitative estimate of drug-likeness (QED) is 0.181. The van der Waals surface area contributed by atoms with Crippen LogP contribution < -0.4 is 10.6 Å². The third kappa shape index (κ3) is 9.63. The van der Waals surface area contributed by atoms with Crippen LogP contribution in [0.15, 0.2) is 4.99 Å². The van der Waals surface area contributed by atoms with Gasteiger partial charge in [0.15, 0.2) is 5.96 Å². The highest BCUT2D eigenvalue weighted by Gasteiger charge is 2.14. The lowest BCUT2D eigenvalue weighted by Gasteiger charge is -2.17. The van der Waals surface area contributed by atoms with Gasteiger partial charge in [-0.2, -0.15) is 0 Å². The third-order valence-corrected chi connectivity index (χ3v) is 5.25. The number of hydrogen-bond donors (Lipinski definition) is 3. The van der Waals surface area contributed by atoms with Crippen molar-refractivity contribution < 1.29 is 5.11 Å². The van der Waals surface area contributed by atoms with Crippen LogP contribution >= 0.6 is 24.0 Å². The number of aryl methyl sites for hydroxylation is 2. The first-order chi connectivity index (χ1) is 13.6. The summed E-state index contributed by atoms with van der Waals surface area (Å²) in [6.45, 7) is 10.3. The molecule has 29 heavy (non-hydrogen) atoms. The largest absolute Gasteiger partial charge is 0.396 e. The second-order valence-corrected chi connectivity index (χ2v) is 8.25. The number of aromatic nitrogens is 3. The third-order valence-electron chi connectivity index (χ3n) is 5.25. The molecule has 7 nitrogen and oxygen atoms in total. The Morgan fingerprint density at radius 2 is 2.03 bits per heavy atom. The second kappa shape index (κ2) is 15.0. The molecular weight excluding hydrogens is 479 g/mol. The van der Waals surface area contributed by atoms with E-state index in [0.717, 1.165) is 75.9 Å². The molecule has 168 valence electrons. The highest BCUT2D eigenvalue weighted by molar-refractivity contribution is 14.0. The van der Waals surface area contributed by atoms with E-state index < -0.39 is 0 Å². The van der Waals surface area contributed by atoms with Crippen molar-refractivity contribution in [1.29, 1.82) is 0 Å². The number of nitrogens with one attached hydrogen (secondary N) is 2. The summed E-state index contributed by atoms with van der Waals surface area (Å²) in [5.74, 6) is 4.22. The molecule has 0 spiro atoms. The normalized spacial score (nSPS) is 15.4. The zero-order valence-corrected chi connectivity index (χ0v) is 20.8. The summed E-state index contributed by atoms with van der Waals surface area (Å²) in [6, 6.07) is 0. The fourth-order valence-corrected chi connectivity index (χ4v) is 3.88. The lowest BCUT2D eigenvalue weighted by molar-refractivity contribution is 0.245. The number of guanidine groups is 1. The van der Waals surface area contributed by atoms with Crippen molar-refractivity contribution in [1.82, 2.24) is 25.4 Å². The molecule has 0 bridgehead atoms. The SMILES string of the molecule is CCNC(=NCC(CCO)CC(C)C)NCCCc1nnc2n1CCCCC2.I. The van der Waals surface area contributed by atoms with Crippen molar-refractivity contribution in [3.63, 3.8) is 0 Å². The number of aliphatic hydroxyl groups is 1. The van der Waals surface area contributed by atoms with E-state index in [4.69, 9.17) is 4.99 Å². The molecule has 0 saturated carbocycles. The fraction of sp³-hybridized carbons (Fsp3) is 0.857. The van der Waals surface area contributed by atoms with Crippen molar-refractivity contribution in [2.24, 2.45) is 16.8 Å². The average Bonchev–Trinajstić information content (AvgIpc) is 2.89. The zero-order chi connectivity index (χ0) is 20.2. The second-order valence-electron chi connectivity index (χ2n) is 8.25. The Morgan fingerprint density at radius 3 is 2.76 bits per heavy atom. The summed E-state index contributed by atoms with van der Waals surface area (Å²) in [7, 11) is 0. The van der Waals surface area contributed by atoms with Crippen LogP contribution in [-0.4, -0.2) is 52.1 Å². The molecule has 2 heterocycles. The molecule has 3 N–H and O–H groups in total. The lowest BCUT2D eigenvalue weighted by atomic mass is 9.94. The molecule has 0 aromatic carbocycles. The van der Waals surface area contributed by atoms with Crippen LogP contribution in [0.4, 0.5) is 0 Å². The first-order valence-corrected chi connectivity index (χ1v) is 11.2. The Balaban J connectivity index is 0.00000420. The van der Waals surface area contributed by atoms with Gasteiger partial charge in [-0.3, -0.25) is 4.99 Å². The fourth-order valence-electron chi connectivity index (χ4n) is 3.88. The molecule has 1 aromatic heterocycles. The van der Waals surface area contributed by atoms with E-state index in [-0.39, 0.29) is 30.6 Å². The molecule has 1 aromatic rings. The van der Waals surface area contributed by atoms with Crippen molar-refractivity contribution in [3.8, 4) is 0 Å². The summed E-state index contributed by atoms with van der Waals surface area (Å²) >= 11 is 0. The zero-order valence-electron chi connectivity index (χ0n) is 18.5. The molecule has 1 aliphatic heterocycles. The predicted molar refractivity (Wildman–Crippen MR) is 130 cm³/mol. The maximum Gasteiger partial charge on any atom is 0.191 e. The standard InChI is InChI=1S/C21H40N6O.HI/c1-4-22-21(24-16-18(11-14-28)15-17(2)3)23-12-8-10-20-26-25-19-9-6-5-7-13-27(19)20;/h17-18,28H,4-16H2,1-3H3,(H2,22,23,24);1H. The van der Waals surface area contributed by atoms with Gasteiger partial charge in [-0.25, -0.2) is 0 Å². The van der Waals surface area contributed by atoms with Crippen LogP contribution in [0.1, 0.15) is 70.9 Å². The molecule has 0 amide bonds. The summed E-state index contributed by atoms with van der Waals surface area (Å²) in [4.78, 5) is 4.75. The Morgan fingerprint density at radius 1 is 1.21 bits per heavy atom. The highest BCUT2D eigenvalue weighted by Crippen LogP contribution is 2.16. The van der Waals surface area contributed by atoms with Gasteiger partial charge >= 0.3 is 0 Å². The van der Waals surface area contributed by atoms with Gasteiger partial charge in [-0.05, 0) is 50.9 Å². The number of nitrogens with zero attached hydrogens (tertiary/aromatic N) is 4. The van der Waals surface area contributed by atoms with Crippen molar-refractivity contribution in [3.05, 3.63) is 11.6 Å². The van der Waals surface area contributed by atoms with Crippen LogP contribution in [0.3, 0.4) is 0 Å². The lowest BCUT2D eigenvalue weighted by Crippen LogP contribution is -2.38. The molecule has 0 fully saturated rings. The monoisotopic (exact) mass is 520 g/mol.